The summed E-state index contributed by atoms with van der Waals surface area (Å²) >= 11 is 6.19. The fraction of sp³-hybridized carbons (Fsp3) is 0.231. The first-order valence-corrected chi connectivity index (χ1v) is 11.3. The highest BCUT2D eigenvalue weighted by Gasteiger charge is 2.22. The Hall–Kier alpha value is -3.51. The molecule has 6 nitrogen and oxygen atoms in total. The lowest BCUT2D eigenvalue weighted by Gasteiger charge is -2.33. The summed E-state index contributed by atoms with van der Waals surface area (Å²) in [5.74, 6) is 1.44. The average molecular weight is 463 g/mol. The van der Waals surface area contributed by atoms with E-state index in [1.54, 1.807) is 12.4 Å². The van der Waals surface area contributed by atoms with E-state index in [1.807, 2.05) is 60.4 Å². The van der Waals surface area contributed by atoms with Crippen molar-refractivity contribution >= 4 is 34.6 Å². The molecule has 0 spiro atoms. The normalized spacial score (nSPS) is 15.6. The van der Waals surface area contributed by atoms with E-state index in [0.717, 1.165) is 53.5 Å². The van der Waals surface area contributed by atoms with Gasteiger partial charge in [-0.15, -0.1) is 0 Å². The summed E-state index contributed by atoms with van der Waals surface area (Å²) in [6, 6.07) is 15.5. The Morgan fingerprint density at radius 2 is 2.03 bits per heavy atom. The molecule has 4 rings (SSSR count). The number of benzene rings is 2. The van der Waals surface area contributed by atoms with Gasteiger partial charge in [0.15, 0.2) is 0 Å². The number of piperidine rings is 1. The largest absolute Gasteiger partial charge is 0.457 e. The zero-order valence-electron chi connectivity index (χ0n) is 18.6. The van der Waals surface area contributed by atoms with Crippen molar-refractivity contribution < 1.29 is 9.53 Å². The lowest BCUT2D eigenvalue weighted by Crippen LogP contribution is -2.44. The maximum absolute atomic E-state index is 12.0. The average Bonchev–Trinajstić information content (AvgIpc) is 2.84. The Morgan fingerprint density at radius 3 is 2.82 bits per heavy atom. The van der Waals surface area contributed by atoms with Gasteiger partial charge in [-0.2, -0.15) is 0 Å². The highest BCUT2D eigenvalue weighted by atomic mass is 35.5. The molecule has 2 aromatic carbocycles. The summed E-state index contributed by atoms with van der Waals surface area (Å²) < 4.78 is 5.98. The Labute approximate surface area is 199 Å². The van der Waals surface area contributed by atoms with Crippen LogP contribution in [0.2, 0.25) is 5.02 Å². The van der Waals surface area contributed by atoms with Crippen LogP contribution in [0.25, 0.3) is 0 Å². The van der Waals surface area contributed by atoms with Crippen molar-refractivity contribution in [3.05, 3.63) is 84.2 Å². The fourth-order valence-corrected chi connectivity index (χ4v) is 4.02. The van der Waals surface area contributed by atoms with Crippen LogP contribution in [-0.2, 0) is 4.79 Å². The predicted molar refractivity (Wildman–Crippen MR) is 134 cm³/mol. The molecule has 33 heavy (non-hydrogen) atoms. The number of anilines is 3. The lowest BCUT2D eigenvalue weighted by molar-refractivity contribution is -0.127. The summed E-state index contributed by atoms with van der Waals surface area (Å²) in [5.41, 5.74) is 3.62. The van der Waals surface area contributed by atoms with E-state index in [1.165, 1.54) is 6.08 Å². The van der Waals surface area contributed by atoms with E-state index < -0.39 is 0 Å². The zero-order valence-corrected chi connectivity index (χ0v) is 19.3. The molecule has 1 aliphatic heterocycles. The number of hydrogen-bond donors (Lipinski definition) is 2. The number of rotatable bonds is 7. The van der Waals surface area contributed by atoms with Crippen LogP contribution in [-0.4, -0.2) is 34.9 Å². The Kier molecular flexibility index (Phi) is 7.15. The molecule has 0 bridgehead atoms. The van der Waals surface area contributed by atoms with Gasteiger partial charge in [0.25, 0.3) is 0 Å². The Morgan fingerprint density at radius 1 is 1.21 bits per heavy atom. The standard InChI is InChI=1S/C26H27ClN4O2/c1-3-26(32)31-15-5-6-20(17-31)30-23-13-14-28-16-24(23)29-19-9-11-21(12-10-19)33-25-8-4-7-22(27)18(25)2/h3-4,7-14,16,20,29H,1,5-6,15,17H2,2H3,(H,28,30). The second kappa shape index (κ2) is 10.4. The van der Waals surface area contributed by atoms with Crippen molar-refractivity contribution in [3.8, 4) is 11.5 Å². The molecule has 1 atom stereocenters. The quantitative estimate of drug-likeness (QED) is 0.411. The van der Waals surface area contributed by atoms with Crippen LogP contribution in [0.5, 0.6) is 11.5 Å². The number of aromatic nitrogens is 1. The van der Waals surface area contributed by atoms with Gasteiger partial charge in [-0.3, -0.25) is 9.78 Å². The second-order valence-corrected chi connectivity index (χ2v) is 8.41. The summed E-state index contributed by atoms with van der Waals surface area (Å²) in [7, 11) is 0. The van der Waals surface area contributed by atoms with Crippen LogP contribution in [0.15, 0.2) is 73.6 Å². The second-order valence-electron chi connectivity index (χ2n) is 8.01. The Balaban J connectivity index is 1.43. The van der Waals surface area contributed by atoms with Crippen molar-refractivity contribution in [2.24, 2.45) is 0 Å². The van der Waals surface area contributed by atoms with E-state index >= 15 is 0 Å². The van der Waals surface area contributed by atoms with Gasteiger partial charge in [0.05, 0.1) is 17.6 Å². The van der Waals surface area contributed by atoms with Gasteiger partial charge in [-0.05, 0) is 68.3 Å². The minimum absolute atomic E-state index is 0.0233. The minimum Gasteiger partial charge on any atom is -0.457 e. The molecule has 1 aliphatic rings. The SMILES string of the molecule is C=CC(=O)N1CCCC(Nc2ccncc2Nc2ccc(Oc3cccc(Cl)c3C)cc2)C1. The van der Waals surface area contributed by atoms with Crippen LogP contribution >= 0.6 is 11.6 Å². The molecule has 0 radical (unpaired) electrons. The molecule has 3 aromatic rings. The Bertz CT molecular complexity index is 1130. The highest BCUT2D eigenvalue weighted by Crippen LogP contribution is 2.31. The van der Waals surface area contributed by atoms with Gasteiger partial charge in [-0.25, -0.2) is 0 Å². The van der Waals surface area contributed by atoms with Crippen molar-refractivity contribution in [3.63, 3.8) is 0 Å². The molecule has 170 valence electrons. The molecule has 1 unspecified atom stereocenters. The molecule has 0 saturated carbocycles. The van der Waals surface area contributed by atoms with Gasteiger partial charge in [0.1, 0.15) is 11.5 Å². The summed E-state index contributed by atoms with van der Waals surface area (Å²) in [6.45, 7) is 6.96. The number of halogens is 1. The predicted octanol–water partition coefficient (Wildman–Crippen LogP) is 6.17. The smallest absolute Gasteiger partial charge is 0.246 e. The molecular weight excluding hydrogens is 436 g/mol. The summed E-state index contributed by atoms with van der Waals surface area (Å²) in [6.07, 6.45) is 6.88. The van der Waals surface area contributed by atoms with Crippen LogP contribution < -0.4 is 15.4 Å². The topological polar surface area (TPSA) is 66.5 Å². The minimum atomic E-state index is -0.0233. The molecule has 0 aliphatic carbocycles. The molecule has 1 saturated heterocycles. The van der Waals surface area contributed by atoms with Gasteiger partial charge in [0.2, 0.25) is 5.91 Å². The van der Waals surface area contributed by atoms with E-state index in [0.29, 0.717) is 11.6 Å². The van der Waals surface area contributed by atoms with Crippen molar-refractivity contribution in [2.75, 3.05) is 23.7 Å². The van der Waals surface area contributed by atoms with E-state index in [4.69, 9.17) is 16.3 Å². The zero-order chi connectivity index (χ0) is 23.2. The third-order valence-corrected chi connectivity index (χ3v) is 6.08. The molecule has 1 amide bonds. The van der Waals surface area contributed by atoms with Gasteiger partial charge in [-0.1, -0.05) is 24.2 Å². The van der Waals surface area contributed by atoms with Gasteiger partial charge in [0, 0.05) is 41.6 Å². The first-order valence-electron chi connectivity index (χ1n) is 11.0. The van der Waals surface area contributed by atoms with Crippen LogP contribution in [0.4, 0.5) is 17.1 Å². The number of nitrogens with zero attached hydrogens (tertiary/aromatic N) is 2. The lowest BCUT2D eigenvalue weighted by atomic mass is 10.1. The number of hydrogen-bond acceptors (Lipinski definition) is 5. The number of ether oxygens (including phenoxy) is 1. The van der Waals surface area contributed by atoms with E-state index in [-0.39, 0.29) is 11.9 Å². The molecule has 1 fully saturated rings. The number of pyridine rings is 1. The third-order valence-electron chi connectivity index (χ3n) is 5.67. The highest BCUT2D eigenvalue weighted by molar-refractivity contribution is 6.31. The van der Waals surface area contributed by atoms with Gasteiger partial charge < -0.3 is 20.3 Å². The van der Waals surface area contributed by atoms with Crippen LogP contribution in [0.1, 0.15) is 18.4 Å². The first-order chi connectivity index (χ1) is 16.0. The molecule has 2 heterocycles. The summed E-state index contributed by atoms with van der Waals surface area (Å²) in [4.78, 5) is 18.1. The molecular formula is C26H27ClN4O2. The monoisotopic (exact) mass is 462 g/mol. The number of carbonyl (C=O) groups is 1. The van der Waals surface area contributed by atoms with Crippen LogP contribution in [0, 0.1) is 6.92 Å². The number of carbonyl (C=O) groups excluding carboxylic acids is 1. The first kappa shape index (κ1) is 22.7. The van der Waals surface area contributed by atoms with Crippen molar-refractivity contribution in [1.82, 2.24) is 9.88 Å². The van der Waals surface area contributed by atoms with Crippen molar-refractivity contribution in [2.45, 2.75) is 25.8 Å². The maximum Gasteiger partial charge on any atom is 0.246 e. The van der Waals surface area contributed by atoms with E-state index in [9.17, 15) is 4.79 Å². The third kappa shape index (κ3) is 5.65. The van der Waals surface area contributed by atoms with Gasteiger partial charge >= 0.3 is 0 Å². The van der Waals surface area contributed by atoms with Crippen molar-refractivity contribution in [1.29, 1.82) is 0 Å². The number of amides is 1. The van der Waals surface area contributed by atoms with Crippen LogP contribution in [0.3, 0.4) is 0 Å². The van der Waals surface area contributed by atoms with E-state index in [2.05, 4.69) is 22.2 Å². The summed E-state index contributed by atoms with van der Waals surface area (Å²) in [5, 5.41) is 7.66. The number of likely N-dealkylation sites (tertiary alicyclic amines) is 1. The molecule has 7 heteroatoms. The fourth-order valence-electron chi connectivity index (χ4n) is 3.85. The molecule has 2 N–H and O–H groups in total. The number of nitrogens with one attached hydrogen (secondary N) is 2. The molecule has 1 aromatic heterocycles. The maximum atomic E-state index is 12.0.